The number of ether oxygens (including phenoxy) is 3. The van der Waals surface area contributed by atoms with Gasteiger partial charge in [-0.05, 0) is 30.7 Å². The molecule has 0 saturated heterocycles. The molecule has 1 saturated carbocycles. The van der Waals surface area contributed by atoms with Crippen LogP contribution in [0.5, 0.6) is 5.75 Å². The topological polar surface area (TPSA) is 27.7 Å². The first kappa shape index (κ1) is 15.1. The van der Waals surface area contributed by atoms with Gasteiger partial charge in [-0.25, -0.2) is 0 Å². The number of rotatable bonds is 6. The maximum Gasteiger partial charge on any atom is 0.128 e. The van der Waals surface area contributed by atoms with E-state index in [1.165, 1.54) is 0 Å². The van der Waals surface area contributed by atoms with Gasteiger partial charge in [-0.15, -0.1) is 11.6 Å². The van der Waals surface area contributed by atoms with Crippen molar-refractivity contribution in [3.05, 3.63) is 28.2 Å². The van der Waals surface area contributed by atoms with Crippen LogP contribution in [0.25, 0.3) is 0 Å². The average molecular weight is 350 g/mol. The number of alkyl halides is 1. The third-order valence-electron chi connectivity index (χ3n) is 3.20. The van der Waals surface area contributed by atoms with E-state index in [0.29, 0.717) is 13.2 Å². The smallest absolute Gasteiger partial charge is 0.128 e. The zero-order valence-electron chi connectivity index (χ0n) is 11.1. The van der Waals surface area contributed by atoms with E-state index in [4.69, 9.17) is 25.8 Å². The Morgan fingerprint density at radius 1 is 1.37 bits per heavy atom. The Labute approximate surface area is 127 Å². The van der Waals surface area contributed by atoms with Crippen LogP contribution < -0.4 is 4.74 Å². The third kappa shape index (κ3) is 3.85. The van der Waals surface area contributed by atoms with E-state index < -0.39 is 0 Å². The minimum atomic E-state index is -0.0548. The summed E-state index contributed by atoms with van der Waals surface area (Å²) < 4.78 is 17.7. The molecule has 1 aromatic rings. The largest absolute Gasteiger partial charge is 0.488 e. The first-order chi connectivity index (χ1) is 9.11. The molecule has 19 heavy (non-hydrogen) atoms. The number of methoxy groups -OCH3 is 1. The molecule has 1 aliphatic carbocycles. The van der Waals surface area contributed by atoms with E-state index in [9.17, 15) is 0 Å². The van der Waals surface area contributed by atoms with Gasteiger partial charge in [0.05, 0.1) is 18.6 Å². The van der Waals surface area contributed by atoms with Gasteiger partial charge in [0.2, 0.25) is 0 Å². The molecule has 0 radical (unpaired) electrons. The molecular weight excluding hydrogens is 332 g/mol. The molecular formula is C14H18BrClO3. The van der Waals surface area contributed by atoms with Gasteiger partial charge in [0.25, 0.3) is 0 Å². The van der Waals surface area contributed by atoms with Crippen LogP contribution in [0.2, 0.25) is 0 Å². The van der Waals surface area contributed by atoms with E-state index in [0.717, 1.165) is 22.2 Å². The van der Waals surface area contributed by atoms with Crippen molar-refractivity contribution >= 4 is 27.5 Å². The molecule has 3 unspecified atom stereocenters. The van der Waals surface area contributed by atoms with E-state index in [1.807, 2.05) is 25.1 Å². The lowest BCUT2D eigenvalue weighted by Crippen LogP contribution is -2.53. The number of hydrogen-bond donors (Lipinski definition) is 0. The highest BCUT2D eigenvalue weighted by Crippen LogP contribution is 2.33. The molecule has 1 aliphatic rings. The lowest BCUT2D eigenvalue weighted by atomic mass is 9.91. The summed E-state index contributed by atoms with van der Waals surface area (Å²) in [7, 11) is 1.65. The molecule has 5 heteroatoms. The fourth-order valence-electron chi connectivity index (χ4n) is 1.99. The van der Waals surface area contributed by atoms with Crippen LogP contribution in [0.15, 0.2) is 22.7 Å². The Balaban J connectivity index is 1.89. The molecule has 0 heterocycles. The molecule has 0 amide bonds. The van der Waals surface area contributed by atoms with Crippen LogP contribution in [0, 0.1) is 6.92 Å². The maximum absolute atomic E-state index is 6.16. The number of aryl methyl sites for hydroxylation is 1. The molecule has 1 fully saturated rings. The van der Waals surface area contributed by atoms with Gasteiger partial charge in [-0.1, -0.05) is 15.9 Å². The Morgan fingerprint density at radius 2 is 2.16 bits per heavy atom. The van der Waals surface area contributed by atoms with Gasteiger partial charge in [0, 0.05) is 18.0 Å². The number of halogens is 2. The van der Waals surface area contributed by atoms with Gasteiger partial charge >= 0.3 is 0 Å². The second-order valence-corrected chi connectivity index (χ2v) is 6.06. The third-order valence-corrected chi connectivity index (χ3v) is 4.51. The fourth-order valence-corrected chi connectivity index (χ4v) is 2.64. The lowest BCUT2D eigenvalue weighted by molar-refractivity contribution is -0.0898. The van der Waals surface area contributed by atoms with Crippen LogP contribution in [-0.2, 0) is 9.47 Å². The Bertz CT molecular complexity index is 427. The van der Waals surface area contributed by atoms with Gasteiger partial charge < -0.3 is 14.2 Å². The van der Waals surface area contributed by atoms with Crippen LogP contribution in [0.1, 0.15) is 12.0 Å². The van der Waals surface area contributed by atoms with Crippen molar-refractivity contribution in [3.8, 4) is 5.75 Å². The SMILES string of the molecule is COCCOC1C(Cl)CC1Oc1ccc(Br)c(C)c1. The van der Waals surface area contributed by atoms with Crippen LogP contribution in [-0.4, -0.2) is 37.9 Å². The van der Waals surface area contributed by atoms with Crippen molar-refractivity contribution in [2.45, 2.75) is 30.9 Å². The second-order valence-electron chi connectivity index (χ2n) is 4.65. The summed E-state index contributed by atoms with van der Waals surface area (Å²) in [6.45, 7) is 3.16. The standard InChI is InChI=1S/C14H18BrClO3/c1-9-7-10(3-4-11(9)15)19-13-8-12(16)14(13)18-6-5-17-2/h3-4,7,12-14H,5-6,8H2,1-2H3. The van der Waals surface area contributed by atoms with E-state index in [2.05, 4.69) is 15.9 Å². The fraction of sp³-hybridized carbons (Fsp3) is 0.571. The molecule has 0 aromatic heterocycles. The van der Waals surface area contributed by atoms with Crippen LogP contribution in [0.3, 0.4) is 0 Å². The Morgan fingerprint density at radius 3 is 2.79 bits per heavy atom. The molecule has 0 bridgehead atoms. The monoisotopic (exact) mass is 348 g/mol. The number of hydrogen-bond acceptors (Lipinski definition) is 3. The van der Waals surface area contributed by atoms with Gasteiger partial charge in [0.15, 0.2) is 0 Å². The summed E-state index contributed by atoms with van der Waals surface area (Å²) >= 11 is 9.63. The molecule has 0 aliphatic heterocycles. The van der Waals surface area contributed by atoms with Crippen molar-refractivity contribution in [1.29, 1.82) is 0 Å². The Hall–Kier alpha value is -0.290. The highest BCUT2D eigenvalue weighted by molar-refractivity contribution is 9.10. The van der Waals surface area contributed by atoms with E-state index in [-0.39, 0.29) is 17.6 Å². The zero-order valence-corrected chi connectivity index (χ0v) is 13.4. The normalized spacial score (nSPS) is 26.0. The summed E-state index contributed by atoms with van der Waals surface area (Å²) in [6, 6.07) is 5.95. The van der Waals surface area contributed by atoms with Crippen LogP contribution in [0.4, 0.5) is 0 Å². The average Bonchev–Trinajstić information content (AvgIpc) is 2.38. The first-order valence-corrected chi connectivity index (χ1v) is 7.52. The minimum absolute atomic E-state index is 0.0263. The second kappa shape index (κ2) is 6.93. The minimum Gasteiger partial charge on any atom is -0.488 e. The van der Waals surface area contributed by atoms with Crippen molar-refractivity contribution < 1.29 is 14.2 Å². The molecule has 3 nitrogen and oxygen atoms in total. The van der Waals surface area contributed by atoms with Crippen LogP contribution >= 0.6 is 27.5 Å². The maximum atomic E-state index is 6.16. The predicted octanol–water partition coefficient (Wildman–Crippen LogP) is 3.55. The Kier molecular flexibility index (Phi) is 5.51. The van der Waals surface area contributed by atoms with E-state index in [1.54, 1.807) is 7.11 Å². The summed E-state index contributed by atoms with van der Waals surface area (Å²) in [4.78, 5) is 0. The molecule has 106 valence electrons. The van der Waals surface area contributed by atoms with Crippen molar-refractivity contribution in [2.24, 2.45) is 0 Å². The summed E-state index contributed by atoms with van der Waals surface area (Å²) in [5.74, 6) is 0.856. The molecule has 2 rings (SSSR count). The molecule has 0 N–H and O–H groups in total. The lowest BCUT2D eigenvalue weighted by Gasteiger charge is -2.40. The summed E-state index contributed by atoms with van der Waals surface area (Å²) in [5, 5.41) is 0.0263. The summed E-state index contributed by atoms with van der Waals surface area (Å²) in [6.07, 6.45) is 0.787. The van der Waals surface area contributed by atoms with Gasteiger partial charge in [-0.2, -0.15) is 0 Å². The van der Waals surface area contributed by atoms with Crippen molar-refractivity contribution in [3.63, 3.8) is 0 Å². The van der Waals surface area contributed by atoms with Crippen molar-refractivity contribution in [1.82, 2.24) is 0 Å². The quantitative estimate of drug-likeness (QED) is 0.581. The molecule has 0 spiro atoms. The van der Waals surface area contributed by atoms with Crippen molar-refractivity contribution in [2.75, 3.05) is 20.3 Å². The number of benzene rings is 1. The molecule has 3 atom stereocenters. The highest BCUT2D eigenvalue weighted by Gasteiger charge is 2.42. The van der Waals surface area contributed by atoms with E-state index >= 15 is 0 Å². The van der Waals surface area contributed by atoms with Gasteiger partial charge in [0.1, 0.15) is 18.0 Å². The predicted molar refractivity (Wildman–Crippen MR) is 79.2 cm³/mol. The highest BCUT2D eigenvalue weighted by atomic mass is 79.9. The summed E-state index contributed by atoms with van der Waals surface area (Å²) in [5.41, 5.74) is 1.15. The van der Waals surface area contributed by atoms with Gasteiger partial charge in [-0.3, -0.25) is 0 Å². The zero-order chi connectivity index (χ0) is 13.8. The molecule has 1 aromatic carbocycles. The first-order valence-electron chi connectivity index (χ1n) is 6.29.